The third-order valence-electron chi connectivity index (χ3n) is 7.11. The van der Waals surface area contributed by atoms with Crippen LogP contribution in [0.5, 0.6) is 5.75 Å². The Morgan fingerprint density at radius 2 is 1.77 bits per heavy atom. The van der Waals surface area contributed by atoms with Crippen LogP contribution in [-0.2, 0) is 0 Å². The number of aromatic nitrogens is 2. The number of hydrogen-bond acceptors (Lipinski definition) is 5. The van der Waals surface area contributed by atoms with Crippen LogP contribution in [-0.4, -0.2) is 46.5 Å². The highest BCUT2D eigenvalue weighted by Crippen LogP contribution is 2.32. The Kier molecular flexibility index (Phi) is 8.67. The molecule has 1 aromatic heterocycles. The molecule has 1 N–H and O–H groups in total. The van der Waals surface area contributed by atoms with Gasteiger partial charge in [-0.25, -0.2) is 18.7 Å². The first-order chi connectivity index (χ1) is 19.4. The molecule has 0 spiro atoms. The van der Waals surface area contributed by atoms with Gasteiger partial charge in [-0.15, -0.1) is 0 Å². The van der Waals surface area contributed by atoms with E-state index in [1.54, 1.807) is 31.2 Å². The highest BCUT2D eigenvalue weighted by Gasteiger charge is 2.28. The molecule has 1 fully saturated rings. The Hall–Kier alpha value is -3.88. The number of benzene rings is 3. The van der Waals surface area contributed by atoms with Gasteiger partial charge < -0.3 is 10.1 Å². The first-order valence-electron chi connectivity index (χ1n) is 13.1. The molecule has 1 aliphatic rings. The minimum atomic E-state index is -0.450. The Morgan fingerprint density at radius 3 is 2.48 bits per heavy atom. The Bertz CT molecular complexity index is 1460. The monoisotopic (exact) mass is 562 g/mol. The molecule has 0 bridgehead atoms. The molecule has 1 atom stereocenters. The Labute approximate surface area is 237 Å². The van der Waals surface area contributed by atoms with Crippen LogP contribution in [0.25, 0.3) is 11.4 Å². The van der Waals surface area contributed by atoms with Gasteiger partial charge in [-0.2, -0.15) is 0 Å². The van der Waals surface area contributed by atoms with Gasteiger partial charge in [0.1, 0.15) is 12.4 Å². The van der Waals surface area contributed by atoms with Gasteiger partial charge in [0.05, 0.1) is 16.6 Å². The van der Waals surface area contributed by atoms with Crippen molar-refractivity contribution in [3.05, 3.63) is 112 Å². The Balaban J connectivity index is 1.21. The summed E-state index contributed by atoms with van der Waals surface area (Å²) in [5, 5.41) is 3.32. The number of halogens is 3. The summed E-state index contributed by atoms with van der Waals surface area (Å²) in [6.45, 7) is 3.34. The number of aryl methyl sites for hydroxylation is 1. The molecule has 4 aromatic rings. The van der Waals surface area contributed by atoms with Gasteiger partial charge in [0.2, 0.25) is 0 Å². The summed E-state index contributed by atoms with van der Waals surface area (Å²) in [4.78, 5) is 23.6. The highest BCUT2D eigenvalue weighted by atomic mass is 35.5. The second-order valence-corrected chi connectivity index (χ2v) is 10.2. The number of amides is 1. The minimum absolute atomic E-state index is 0.0207. The molecule has 1 aliphatic heterocycles. The normalized spacial score (nSPS) is 15.0. The third-order valence-corrected chi connectivity index (χ3v) is 7.41. The number of ether oxygens (including phenoxy) is 1. The van der Waals surface area contributed by atoms with Crippen molar-refractivity contribution in [1.29, 1.82) is 0 Å². The first kappa shape index (κ1) is 27.7. The molecule has 9 heteroatoms. The number of nitrogens with zero attached hydrogens (tertiary/aromatic N) is 3. The summed E-state index contributed by atoms with van der Waals surface area (Å²) < 4.78 is 34.2. The predicted molar refractivity (Wildman–Crippen MR) is 150 cm³/mol. The number of nitrogens with one attached hydrogen (secondary N) is 1. The van der Waals surface area contributed by atoms with Crippen LogP contribution in [0, 0.1) is 18.6 Å². The zero-order valence-electron chi connectivity index (χ0n) is 22.0. The molecule has 6 nitrogen and oxygen atoms in total. The molecule has 1 amide bonds. The van der Waals surface area contributed by atoms with Crippen LogP contribution >= 0.6 is 11.6 Å². The molecular formula is C31H29ClF2N4O2. The fourth-order valence-electron chi connectivity index (χ4n) is 4.86. The largest absolute Gasteiger partial charge is 0.487 e. The number of likely N-dealkylation sites (tertiary alicyclic amines) is 1. The quantitative estimate of drug-likeness (QED) is 0.269. The van der Waals surface area contributed by atoms with E-state index in [1.807, 2.05) is 30.3 Å². The van der Waals surface area contributed by atoms with Crippen molar-refractivity contribution in [2.75, 3.05) is 19.7 Å². The van der Waals surface area contributed by atoms with Crippen LogP contribution in [0.15, 0.2) is 79.1 Å². The fraction of sp³-hybridized carbons (Fsp3) is 0.258. The summed E-state index contributed by atoms with van der Waals surface area (Å²) in [6.07, 6.45) is 4.37. The molecule has 1 saturated heterocycles. The lowest BCUT2D eigenvalue weighted by molar-refractivity contribution is 0.0833. The standard InChI is InChI=1S/C31H29ClF2N4O2/c1-20-10-11-26(32)29(28(20)34)40-19-27(21-6-3-2-4-7-21)38-14-12-25(13-15-38)37-31(39)23-17-35-30(36-18-23)22-8-5-9-24(33)16-22/h2-11,16-18,25,27H,12-15,19H2,1H3,(H,37,39). The topological polar surface area (TPSA) is 67.3 Å². The number of rotatable bonds is 8. The molecule has 5 rings (SSSR count). The van der Waals surface area contributed by atoms with Gasteiger partial charge >= 0.3 is 0 Å². The zero-order chi connectivity index (χ0) is 28.1. The number of carbonyl (C=O) groups is 1. The van der Waals surface area contributed by atoms with Gasteiger partial charge in [-0.05, 0) is 49.1 Å². The summed E-state index contributed by atoms with van der Waals surface area (Å²) in [5.41, 5.74) is 2.42. The highest BCUT2D eigenvalue weighted by molar-refractivity contribution is 6.32. The summed E-state index contributed by atoms with van der Waals surface area (Å²) in [6, 6.07) is 19.1. The molecule has 0 radical (unpaired) electrons. The van der Waals surface area contributed by atoms with Crippen molar-refractivity contribution in [3.8, 4) is 17.1 Å². The van der Waals surface area contributed by atoms with E-state index in [0.717, 1.165) is 18.4 Å². The van der Waals surface area contributed by atoms with Gasteiger partial charge in [0.15, 0.2) is 17.4 Å². The van der Waals surface area contributed by atoms with Crippen LogP contribution in [0.1, 0.15) is 40.4 Å². The molecule has 2 heterocycles. The van der Waals surface area contributed by atoms with Gasteiger partial charge in [-0.1, -0.05) is 60.1 Å². The van der Waals surface area contributed by atoms with E-state index in [4.69, 9.17) is 16.3 Å². The van der Waals surface area contributed by atoms with Crippen molar-refractivity contribution in [2.24, 2.45) is 0 Å². The van der Waals surface area contributed by atoms with Crippen molar-refractivity contribution < 1.29 is 18.3 Å². The number of hydrogen-bond donors (Lipinski definition) is 1. The minimum Gasteiger partial charge on any atom is -0.487 e. The predicted octanol–water partition coefficient (Wildman–Crippen LogP) is 6.40. The molecular weight excluding hydrogens is 534 g/mol. The Morgan fingerprint density at radius 1 is 1.05 bits per heavy atom. The van der Waals surface area contributed by atoms with Crippen LogP contribution in [0.3, 0.4) is 0 Å². The number of piperidine rings is 1. The molecule has 3 aromatic carbocycles. The molecule has 40 heavy (non-hydrogen) atoms. The SMILES string of the molecule is Cc1ccc(Cl)c(OCC(c2ccccc2)N2CCC(NC(=O)c3cnc(-c4cccc(F)c4)nc3)CC2)c1F. The van der Waals surface area contributed by atoms with E-state index < -0.39 is 5.82 Å². The van der Waals surface area contributed by atoms with E-state index in [-0.39, 0.29) is 41.2 Å². The van der Waals surface area contributed by atoms with E-state index in [9.17, 15) is 13.6 Å². The lowest BCUT2D eigenvalue weighted by Gasteiger charge is -2.38. The van der Waals surface area contributed by atoms with Gasteiger partial charge in [-0.3, -0.25) is 9.69 Å². The van der Waals surface area contributed by atoms with Crippen LogP contribution in [0.4, 0.5) is 8.78 Å². The second kappa shape index (κ2) is 12.5. The molecule has 0 saturated carbocycles. The summed E-state index contributed by atoms with van der Waals surface area (Å²) >= 11 is 6.24. The lowest BCUT2D eigenvalue weighted by Crippen LogP contribution is -2.46. The average Bonchev–Trinajstić information content (AvgIpc) is 2.98. The maximum Gasteiger partial charge on any atom is 0.254 e. The van der Waals surface area contributed by atoms with E-state index in [0.29, 0.717) is 35.6 Å². The van der Waals surface area contributed by atoms with E-state index in [2.05, 4.69) is 20.2 Å². The van der Waals surface area contributed by atoms with Gasteiger partial charge in [0.25, 0.3) is 5.91 Å². The molecule has 0 aliphatic carbocycles. The fourth-order valence-corrected chi connectivity index (χ4v) is 5.06. The van der Waals surface area contributed by atoms with E-state index in [1.165, 1.54) is 24.5 Å². The molecule has 1 unspecified atom stereocenters. The maximum atomic E-state index is 14.7. The van der Waals surface area contributed by atoms with Gasteiger partial charge in [0, 0.05) is 37.1 Å². The van der Waals surface area contributed by atoms with Crippen molar-refractivity contribution in [2.45, 2.75) is 31.8 Å². The summed E-state index contributed by atoms with van der Waals surface area (Å²) in [5.74, 6) is -0.660. The zero-order valence-corrected chi connectivity index (χ0v) is 22.7. The maximum absolute atomic E-state index is 14.7. The third kappa shape index (κ3) is 6.46. The average molecular weight is 563 g/mol. The van der Waals surface area contributed by atoms with Crippen molar-refractivity contribution in [1.82, 2.24) is 20.2 Å². The van der Waals surface area contributed by atoms with Crippen molar-refractivity contribution >= 4 is 17.5 Å². The van der Waals surface area contributed by atoms with Crippen LogP contribution in [0.2, 0.25) is 5.02 Å². The first-order valence-corrected chi connectivity index (χ1v) is 13.5. The second-order valence-electron chi connectivity index (χ2n) is 9.83. The summed E-state index contributed by atoms with van der Waals surface area (Å²) in [7, 11) is 0. The van der Waals surface area contributed by atoms with E-state index >= 15 is 0 Å². The van der Waals surface area contributed by atoms with Crippen molar-refractivity contribution in [3.63, 3.8) is 0 Å². The molecule has 206 valence electrons. The lowest BCUT2D eigenvalue weighted by atomic mass is 9.99. The number of carbonyl (C=O) groups excluding carboxylic acids is 1. The van der Waals surface area contributed by atoms with Crippen LogP contribution < -0.4 is 10.1 Å². The smallest absolute Gasteiger partial charge is 0.254 e.